The largest absolute Gasteiger partial charge is 0.472 e. The van der Waals surface area contributed by atoms with E-state index in [1.54, 1.807) is 6.08 Å². The first kappa shape index (κ1) is 44.0. The fourth-order valence-corrected chi connectivity index (χ4v) is 5.65. The van der Waals surface area contributed by atoms with Gasteiger partial charge in [-0.1, -0.05) is 122 Å². The molecule has 0 aromatic heterocycles. The smallest absolute Gasteiger partial charge is 0.387 e. The standard InChI is InChI=1S/C36H71N2O6P/c1-6-8-10-12-14-16-17-18-19-20-22-24-26-28-30-36(40)37-34(33-44-45(41,42)43-32-31-38(3,4)5)35(39)29-27-25-23-21-15-13-11-9-7-2/h17-18,27,29,34-35,39H,6-16,19-26,28,30-33H2,1-5H3,(H-,37,40,41,42)/p+1/b18-17+,29-27+/t34-,35+/m0/s1. The van der Waals surface area contributed by atoms with Crippen LogP contribution in [0.25, 0.3) is 0 Å². The normalized spacial score (nSPS) is 15.1. The number of aliphatic hydroxyl groups excluding tert-OH is 1. The molecule has 9 heteroatoms. The fraction of sp³-hybridized carbons (Fsp3) is 0.861. The number of phosphoric acid groups is 1. The highest BCUT2D eigenvalue weighted by atomic mass is 31.2. The lowest BCUT2D eigenvalue weighted by Gasteiger charge is -2.25. The number of nitrogens with zero attached hydrogens (tertiary/aromatic N) is 1. The van der Waals surface area contributed by atoms with Gasteiger partial charge in [0, 0.05) is 6.42 Å². The molecule has 0 rings (SSSR count). The van der Waals surface area contributed by atoms with Crippen LogP contribution in [0.4, 0.5) is 0 Å². The van der Waals surface area contributed by atoms with Gasteiger partial charge in [-0.15, -0.1) is 0 Å². The average Bonchev–Trinajstić information content (AvgIpc) is 2.97. The lowest BCUT2D eigenvalue weighted by Crippen LogP contribution is -2.45. The van der Waals surface area contributed by atoms with E-state index >= 15 is 0 Å². The van der Waals surface area contributed by atoms with Gasteiger partial charge in [0.15, 0.2) is 0 Å². The molecule has 0 saturated carbocycles. The molecule has 1 unspecified atom stereocenters. The molecule has 0 aliphatic carbocycles. The number of amides is 1. The van der Waals surface area contributed by atoms with Crippen LogP contribution in [0.5, 0.6) is 0 Å². The van der Waals surface area contributed by atoms with Crippen molar-refractivity contribution in [3.05, 3.63) is 24.3 Å². The van der Waals surface area contributed by atoms with Gasteiger partial charge in [-0.2, -0.15) is 0 Å². The van der Waals surface area contributed by atoms with Gasteiger partial charge in [0.25, 0.3) is 0 Å². The van der Waals surface area contributed by atoms with E-state index in [2.05, 4.69) is 31.3 Å². The molecule has 0 radical (unpaired) electrons. The van der Waals surface area contributed by atoms with Crippen molar-refractivity contribution in [3.8, 4) is 0 Å². The molecule has 0 aromatic carbocycles. The highest BCUT2D eigenvalue weighted by molar-refractivity contribution is 7.47. The van der Waals surface area contributed by atoms with E-state index in [4.69, 9.17) is 9.05 Å². The predicted molar refractivity (Wildman–Crippen MR) is 189 cm³/mol. The van der Waals surface area contributed by atoms with Gasteiger partial charge >= 0.3 is 7.82 Å². The Morgan fingerprint density at radius 2 is 1.20 bits per heavy atom. The first-order valence-electron chi connectivity index (χ1n) is 18.2. The molecule has 1 amide bonds. The Kier molecular flexibility index (Phi) is 28.5. The number of phosphoric ester groups is 1. The molecule has 0 aromatic rings. The van der Waals surface area contributed by atoms with Crippen molar-refractivity contribution < 1.29 is 32.9 Å². The Morgan fingerprint density at radius 1 is 0.733 bits per heavy atom. The Balaban J connectivity index is 4.54. The second kappa shape index (κ2) is 29.1. The minimum Gasteiger partial charge on any atom is -0.387 e. The highest BCUT2D eigenvalue weighted by Gasteiger charge is 2.27. The van der Waals surface area contributed by atoms with E-state index in [1.807, 2.05) is 27.2 Å². The molecule has 0 aliphatic rings. The second-order valence-corrected chi connectivity index (χ2v) is 15.0. The van der Waals surface area contributed by atoms with Crippen molar-refractivity contribution >= 4 is 13.7 Å². The lowest BCUT2D eigenvalue weighted by atomic mass is 10.1. The SMILES string of the molecule is CCCCCCC/C=C/CCCCCCCC(=O)N[C@@H](COP(=O)(O)OCC[N+](C)(C)C)[C@H](O)/C=C/CCCCCCCCC. The van der Waals surface area contributed by atoms with Gasteiger partial charge < -0.3 is 19.8 Å². The van der Waals surface area contributed by atoms with Gasteiger partial charge in [-0.05, 0) is 44.9 Å². The summed E-state index contributed by atoms with van der Waals surface area (Å²) in [6, 6.07) is -0.844. The van der Waals surface area contributed by atoms with Gasteiger partial charge in [-0.3, -0.25) is 13.8 Å². The molecule has 0 heterocycles. The molecule has 0 fully saturated rings. The number of quaternary nitrogens is 1. The lowest BCUT2D eigenvalue weighted by molar-refractivity contribution is -0.870. The zero-order valence-electron chi connectivity index (χ0n) is 29.9. The van der Waals surface area contributed by atoms with Crippen molar-refractivity contribution in [2.24, 2.45) is 0 Å². The number of hydrogen-bond donors (Lipinski definition) is 3. The molecule has 0 saturated heterocycles. The summed E-state index contributed by atoms with van der Waals surface area (Å²) in [5.74, 6) is -0.191. The van der Waals surface area contributed by atoms with E-state index in [0.29, 0.717) is 17.4 Å². The third-order valence-electron chi connectivity index (χ3n) is 7.92. The zero-order valence-corrected chi connectivity index (χ0v) is 30.8. The van der Waals surface area contributed by atoms with Gasteiger partial charge in [0.05, 0.1) is 39.9 Å². The monoisotopic (exact) mass is 660 g/mol. The predicted octanol–water partition coefficient (Wildman–Crippen LogP) is 9.02. The first-order chi connectivity index (χ1) is 21.5. The van der Waals surface area contributed by atoms with E-state index < -0.39 is 20.0 Å². The number of carbonyl (C=O) groups excluding carboxylic acids is 1. The van der Waals surface area contributed by atoms with Crippen LogP contribution in [0.2, 0.25) is 0 Å². The summed E-state index contributed by atoms with van der Waals surface area (Å²) in [5, 5.41) is 13.7. The van der Waals surface area contributed by atoms with Crippen LogP contribution in [0.15, 0.2) is 24.3 Å². The first-order valence-corrected chi connectivity index (χ1v) is 19.7. The number of carbonyl (C=O) groups is 1. The van der Waals surface area contributed by atoms with Crippen molar-refractivity contribution in [3.63, 3.8) is 0 Å². The van der Waals surface area contributed by atoms with Crippen LogP contribution in [0, 0.1) is 0 Å². The van der Waals surface area contributed by atoms with Crippen LogP contribution in [0.3, 0.4) is 0 Å². The van der Waals surface area contributed by atoms with Crippen molar-refractivity contribution in [1.82, 2.24) is 5.32 Å². The molecule has 0 spiro atoms. The molecule has 3 atom stereocenters. The van der Waals surface area contributed by atoms with Crippen LogP contribution in [0.1, 0.15) is 149 Å². The second-order valence-electron chi connectivity index (χ2n) is 13.6. The van der Waals surface area contributed by atoms with E-state index in [1.165, 1.54) is 77.0 Å². The number of nitrogens with one attached hydrogen (secondary N) is 1. The van der Waals surface area contributed by atoms with Crippen LogP contribution in [-0.2, 0) is 18.4 Å². The topological polar surface area (TPSA) is 105 Å². The number of hydrogen-bond acceptors (Lipinski definition) is 5. The van der Waals surface area contributed by atoms with Gasteiger partial charge in [-0.25, -0.2) is 4.57 Å². The Morgan fingerprint density at radius 3 is 1.71 bits per heavy atom. The van der Waals surface area contributed by atoms with Crippen LogP contribution >= 0.6 is 7.82 Å². The Hall–Kier alpha value is -1.02. The fourth-order valence-electron chi connectivity index (χ4n) is 4.91. The summed E-state index contributed by atoms with van der Waals surface area (Å²) in [7, 11) is 1.56. The number of aliphatic hydroxyl groups is 1. The maximum absolute atomic E-state index is 12.7. The summed E-state index contributed by atoms with van der Waals surface area (Å²) in [5.41, 5.74) is 0. The Bertz CT molecular complexity index is 799. The van der Waals surface area contributed by atoms with Crippen LogP contribution < -0.4 is 5.32 Å². The van der Waals surface area contributed by atoms with Crippen molar-refractivity contribution in [1.29, 1.82) is 0 Å². The summed E-state index contributed by atoms with van der Waals surface area (Å²) in [6.07, 6.45) is 31.0. The third kappa shape index (κ3) is 31.4. The third-order valence-corrected chi connectivity index (χ3v) is 8.90. The molecular formula is C36H72N2O6P+. The number of unbranched alkanes of at least 4 members (excludes halogenated alkanes) is 17. The van der Waals surface area contributed by atoms with Crippen LogP contribution in [-0.4, -0.2) is 73.4 Å². The molecular weight excluding hydrogens is 587 g/mol. The Labute approximate surface area is 277 Å². The maximum atomic E-state index is 12.7. The quantitative estimate of drug-likeness (QED) is 0.0288. The number of likely N-dealkylation sites (N-methyl/N-ethyl adjacent to an activating group) is 1. The molecule has 8 nitrogen and oxygen atoms in total. The summed E-state index contributed by atoms with van der Waals surface area (Å²) in [4.78, 5) is 22.9. The molecule has 0 aliphatic heterocycles. The minimum absolute atomic E-state index is 0.0601. The maximum Gasteiger partial charge on any atom is 0.472 e. The molecule has 0 bridgehead atoms. The van der Waals surface area contributed by atoms with Gasteiger partial charge in [0.2, 0.25) is 5.91 Å². The summed E-state index contributed by atoms with van der Waals surface area (Å²) >= 11 is 0. The van der Waals surface area contributed by atoms with E-state index in [9.17, 15) is 19.4 Å². The highest BCUT2D eigenvalue weighted by Crippen LogP contribution is 2.43. The summed E-state index contributed by atoms with van der Waals surface area (Å²) < 4.78 is 23.4. The van der Waals surface area contributed by atoms with E-state index in [0.717, 1.165) is 51.4 Å². The van der Waals surface area contributed by atoms with E-state index in [-0.39, 0.29) is 19.1 Å². The molecule has 45 heavy (non-hydrogen) atoms. The number of rotatable bonds is 32. The molecule has 3 N–H and O–H groups in total. The number of allylic oxidation sites excluding steroid dienone is 3. The summed E-state index contributed by atoms with van der Waals surface area (Å²) in [6.45, 7) is 4.74. The van der Waals surface area contributed by atoms with Crippen molar-refractivity contribution in [2.45, 2.75) is 161 Å². The van der Waals surface area contributed by atoms with Crippen molar-refractivity contribution in [2.75, 3.05) is 40.9 Å². The minimum atomic E-state index is -4.32. The molecule has 266 valence electrons. The average molecular weight is 660 g/mol. The zero-order chi connectivity index (χ0) is 33.7. The van der Waals surface area contributed by atoms with Gasteiger partial charge in [0.1, 0.15) is 13.2 Å².